The zero-order valence-corrected chi connectivity index (χ0v) is 6.30. The van der Waals surface area contributed by atoms with E-state index in [-0.39, 0.29) is 6.10 Å². The van der Waals surface area contributed by atoms with Gasteiger partial charge in [0.2, 0.25) is 0 Å². The molecule has 0 aliphatic heterocycles. The van der Waals surface area contributed by atoms with E-state index in [4.69, 9.17) is 5.11 Å². The Bertz CT molecular complexity index is 88.6. The molecule has 0 heterocycles. The van der Waals surface area contributed by atoms with Crippen LogP contribution in [0.25, 0.3) is 0 Å². The fourth-order valence-electron chi connectivity index (χ4n) is 1.60. The summed E-state index contributed by atoms with van der Waals surface area (Å²) in [4.78, 5) is 0. The summed E-state index contributed by atoms with van der Waals surface area (Å²) in [5.41, 5.74) is 0. The number of rotatable bonds is 1. The van der Waals surface area contributed by atoms with Crippen LogP contribution in [0.4, 0.5) is 0 Å². The molecule has 1 fully saturated rings. The molecule has 0 radical (unpaired) electrons. The number of hydrogen-bond donors (Lipinski definition) is 1. The molecule has 1 aliphatic rings. The summed E-state index contributed by atoms with van der Waals surface area (Å²) in [7, 11) is 0. The van der Waals surface area contributed by atoms with Gasteiger partial charge in [-0.2, -0.15) is 0 Å². The third-order valence-corrected chi connectivity index (χ3v) is 2.39. The second-order valence-corrected chi connectivity index (χ2v) is 3.47. The minimum Gasteiger partial charge on any atom is -0.393 e. The third-order valence-electron chi connectivity index (χ3n) is 2.39. The molecule has 1 saturated carbocycles. The van der Waals surface area contributed by atoms with Gasteiger partial charge in [0.05, 0.1) is 6.10 Å². The van der Waals surface area contributed by atoms with Crippen LogP contribution in [0.5, 0.6) is 0 Å². The second kappa shape index (κ2) is 2.70. The molecule has 9 heavy (non-hydrogen) atoms. The SMILES string of the molecule is CC(C)[C@H]1CCC(O)C1. The topological polar surface area (TPSA) is 20.2 Å². The first-order valence-corrected chi connectivity index (χ1v) is 3.88. The van der Waals surface area contributed by atoms with Gasteiger partial charge in [-0.1, -0.05) is 13.8 Å². The lowest BCUT2D eigenvalue weighted by molar-refractivity contribution is 0.173. The Morgan fingerprint density at radius 3 is 2.22 bits per heavy atom. The van der Waals surface area contributed by atoms with E-state index in [0.29, 0.717) is 0 Å². The molecule has 1 rings (SSSR count). The zero-order valence-electron chi connectivity index (χ0n) is 6.30. The summed E-state index contributed by atoms with van der Waals surface area (Å²) in [6.45, 7) is 4.48. The van der Waals surface area contributed by atoms with Crippen molar-refractivity contribution in [2.24, 2.45) is 11.8 Å². The molecule has 0 aromatic rings. The number of aliphatic hydroxyl groups excluding tert-OH is 1. The van der Waals surface area contributed by atoms with Gasteiger partial charge in [-0.25, -0.2) is 0 Å². The Kier molecular flexibility index (Phi) is 2.12. The van der Waals surface area contributed by atoms with Crippen molar-refractivity contribution in [3.63, 3.8) is 0 Å². The molecule has 0 spiro atoms. The lowest BCUT2D eigenvalue weighted by atomic mass is 9.95. The van der Waals surface area contributed by atoms with E-state index in [1.807, 2.05) is 0 Å². The highest BCUT2D eigenvalue weighted by Gasteiger charge is 2.24. The Labute approximate surface area is 57.1 Å². The quantitative estimate of drug-likeness (QED) is 0.571. The van der Waals surface area contributed by atoms with Crippen molar-refractivity contribution in [2.45, 2.75) is 39.2 Å². The second-order valence-electron chi connectivity index (χ2n) is 3.47. The summed E-state index contributed by atoms with van der Waals surface area (Å²) in [5, 5.41) is 9.15. The smallest absolute Gasteiger partial charge is 0.0543 e. The van der Waals surface area contributed by atoms with E-state index in [2.05, 4.69) is 13.8 Å². The van der Waals surface area contributed by atoms with Gasteiger partial charge in [-0.3, -0.25) is 0 Å². The maximum absolute atomic E-state index is 9.15. The molecule has 0 bridgehead atoms. The Hall–Kier alpha value is -0.0400. The number of hydrogen-bond acceptors (Lipinski definition) is 1. The van der Waals surface area contributed by atoms with E-state index >= 15 is 0 Å². The summed E-state index contributed by atoms with van der Waals surface area (Å²) in [5.74, 6) is 1.56. The molecule has 0 amide bonds. The van der Waals surface area contributed by atoms with Crippen LogP contribution >= 0.6 is 0 Å². The summed E-state index contributed by atoms with van der Waals surface area (Å²) >= 11 is 0. The normalized spacial score (nSPS) is 36.0. The first-order valence-electron chi connectivity index (χ1n) is 3.88. The van der Waals surface area contributed by atoms with Crippen molar-refractivity contribution in [1.82, 2.24) is 0 Å². The fraction of sp³-hybridized carbons (Fsp3) is 1.00. The Morgan fingerprint density at radius 1 is 1.33 bits per heavy atom. The van der Waals surface area contributed by atoms with Gasteiger partial charge in [0.25, 0.3) is 0 Å². The molecule has 0 saturated heterocycles. The van der Waals surface area contributed by atoms with Crippen molar-refractivity contribution in [1.29, 1.82) is 0 Å². The van der Waals surface area contributed by atoms with E-state index in [1.165, 1.54) is 6.42 Å². The Balaban J connectivity index is 2.30. The highest BCUT2D eigenvalue weighted by Crippen LogP contribution is 2.30. The highest BCUT2D eigenvalue weighted by molar-refractivity contribution is 4.76. The van der Waals surface area contributed by atoms with E-state index in [9.17, 15) is 0 Å². The van der Waals surface area contributed by atoms with Crippen molar-refractivity contribution in [3.05, 3.63) is 0 Å². The minimum atomic E-state index is 0.0115. The highest BCUT2D eigenvalue weighted by atomic mass is 16.3. The van der Waals surface area contributed by atoms with Crippen LogP contribution in [0.15, 0.2) is 0 Å². The van der Waals surface area contributed by atoms with Gasteiger partial charge >= 0.3 is 0 Å². The van der Waals surface area contributed by atoms with Gasteiger partial charge in [0.1, 0.15) is 0 Å². The van der Waals surface area contributed by atoms with Crippen molar-refractivity contribution >= 4 is 0 Å². The molecule has 0 aromatic carbocycles. The van der Waals surface area contributed by atoms with Gasteiger partial charge in [-0.15, -0.1) is 0 Å². The molecule has 0 aromatic heterocycles. The van der Waals surface area contributed by atoms with Crippen molar-refractivity contribution < 1.29 is 5.11 Å². The predicted octanol–water partition coefficient (Wildman–Crippen LogP) is 1.80. The van der Waals surface area contributed by atoms with Gasteiger partial charge in [-0.05, 0) is 31.1 Å². The summed E-state index contributed by atoms with van der Waals surface area (Å²) in [6.07, 6.45) is 3.32. The van der Waals surface area contributed by atoms with Gasteiger partial charge in [0.15, 0.2) is 0 Å². The average Bonchev–Trinajstić information content (AvgIpc) is 2.14. The van der Waals surface area contributed by atoms with E-state index in [0.717, 1.165) is 24.7 Å². The molecule has 1 unspecified atom stereocenters. The first kappa shape index (κ1) is 7.07. The summed E-state index contributed by atoms with van der Waals surface area (Å²) < 4.78 is 0. The lowest BCUT2D eigenvalue weighted by Gasteiger charge is -2.12. The third kappa shape index (κ3) is 1.68. The van der Waals surface area contributed by atoms with Crippen LogP contribution < -0.4 is 0 Å². The molecule has 1 heteroatoms. The number of aliphatic hydroxyl groups is 1. The lowest BCUT2D eigenvalue weighted by Crippen LogP contribution is -2.05. The maximum atomic E-state index is 9.15. The standard InChI is InChI=1S/C8H16O/c1-6(2)7-3-4-8(9)5-7/h6-9H,3-5H2,1-2H3/t7-,8?/m0/s1. The molecule has 1 nitrogen and oxygen atoms in total. The van der Waals surface area contributed by atoms with Crippen molar-refractivity contribution in [2.75, 3.05) is 0 Å². The molecular weight excluding hydrogens is 112 g/mol. The van der Waals surface area contributed by atoms with Crippen LogP contribution in [0.1, 0.15) is 33.1 Å². The van der Waals surface area contributed by atoms with Crippen molar-refractivity contribution in [3.8, 4) is 0 Å². The molecule has 54 valence electrons. The summed E-state index contributed by atoms with van der Waals surface area (Å²) in [6, 6.07) is 0. The predicted molar refractivity (Wildman–Crippen MR) is 38.2 cm³/mol. The average molecular weight is 128 g/mol. The van der Waals surface area contributed by atoms with Crippen LogP contribution in [0.2, 0.25) is 0 Å². The van der Waals surface area contributed by atoms with Crippen LogP contribution in [0.3, 0.4) is 0 Å². The van der Waals surface area contributed by atoms with Gasteiger partial charge < -0.3 is 5.11 Å². The monoisotopic (exact) mass is 128 g/mol. The fourth-order valence-corrected chi connectivity index (χ4v) is 1.60. The van der Waals surface area contributed by atoms with Crippen LogP contribution in [-0.2, 0) is 0 Å². The van der Waals surface area contributed by atoms with E-state index in [1.54, 1.807) is 0 Å². The zero-order chi connectivity index (χ0) is 6.85. The van der Waals surface area contributed by atoms with Gasteiger partial charge in [0, 0.05) is 0 Å². The minimum absolute atomic E-state index is 0.0115. The maximum Gasteiger partial charge on any atom is 0.0543 e. The molecule has 1 aliphatic carbocycles. The molecule has 2 atom stereocenters. The first-order chi connectivity index (χ1) is 4.20. The van der Waals surface area contributed by atoms with E-state index < -0.39 is 0 Å². The largest absolute Gasteiger partial charge is 0.393 e. The Morgan fingerprint density at radius 2 is 2.00 bits per heavy atom. The van der Waals surface area contributed by atoms with Crippen LogP contribution in [0, 0.1) is 11.8 Å². The molecule has 1 N–H and O–H groups in total. The van der Waals surface area contributed by atoms with Crippen LogP contribution in [-0.4, -0.2) is 11.2 Å². The molecular formula is C8H16O.